The summed E-state index contributed by atoms with van der Waals surface area (Å²) in [6, 6.07) is 12.1. The van der Waals surface area contributed by atoms with E-state index in [1.165, 1.54) is 0 Å². The molecule has 22 heavy (non-hydrogen) atoms. The first-order valence-corrected chi connectivity index (χ1v) is 9.36. The Labute approximate surface area is 145 Å². The van der Waals surface area contributed by atoms with E-state index in [-0.39, 0.29) is 10.8 Å². The minimum absolute atomic E-state index is 0.170. The summed E-state index contributed by atoms with van der Waals surface area (Å²) in [5.41, 5.74) is 1.41. The van der Waals surface area contributed by atoms with Crippen LogP contribution in [0.3, 0.4) is 0 Å². The van der Waals surface area contributed by atoms with E-state index in [1.54, 1.807) is 37.4 Å². The topological polar surface area (TPSA) is 55.4 Å². The summed E-state index contributed by atoms with van der Waals surface area (Å²) in [7, 11) is -2.03. The maximum absolute atomic E-state index is 12.5. The molecule has 0 fully saturated rings. The largest absolute Gasteiger partial charge is 0.496 e. The number of rotatable bonds is 5. The van der Waals surface area contributed by atoms with Crippen molar-refractivity contribution in [1.29, 1.82) is 0 Å². The van der Waals surface area contributed by atoms with E-state index in [1.807, 2.05) is 26.0 Å². The van der Waals surface area contributed by atoms with E-state index >= 15 is 0 Å². The van der Waals surface area contributed by atoms with Crippen LogP contribution in [0.15, 0.2) is 47.4 Å². The average molecular weight is 431 g/mol. The Morgan fingerprint density at radius 1 is 1.09 bits per heavy atom. The first-order valence-electron chi connectivity index (χ1n) is 6.80. The number of halogens is 1. The molecule has 0 radical (unpaired) electrons. The number of ether oxygens (including phenoxy) is 1. The minimum atomic E-state index is -3.62. The van der Waals surface area contributed by atoms with E-state index in [2.05, 4.69) is 27.3 Å². The fraction of sp³-hybridized carbons (Fsp3) is 0.250. The van der Waals surface area contributed by atoms with E-state index in [0.717, 1.165) is 9.13 Å². The number of hydrogen-bond acceptors (Lipinski definition) is 3. The molecule has 0 aromatic heterocycles. The highest BCUT2D eigenvalue weighted by molar-refractivity contribution is 14.1. The summed E-state index contributed by atoms with van der Waals surface area (Å²) in [4.78, 5) is 0.232. The molecule has 0 heterocycles. The van der Waals surface area contributed by atoms with Crippen LogP contribution in [0.4, 0.5) is 5.69 Å². The molecule has 0 aliphatic carbocycles. The average Bonchev–Trinajstić information content (AvgIpc) is 2.48. The Morgan fingerprint density at radius 3 is 2.27 bits per heavy atom. The number of benzene rings is 2. The van der Waals surface area contributed by atoms with Crippen LogP contribution in [0.1, 0.15) is 25.3 Å². The van der Waals surface area contributed by atoms with Gasteiger partial charge in [-0.3, -0.25) is 4.72 Å². The van der Waals surface area contributed by atoms with E-state index in [4.69, 9.17) is 4.74 Å². The third-order valence-electron chi connectivity index (χ3n) is 3.23. The fourth-order valence-electron chi connectivity index (χ4n) is 2.06. The van der Waals surface area contributed by atoms with Crippen LogP contribution in [-0.2, 0) is 10.0 Å². The van der Waals surface area contributed by atoms with Crippen LogP contribution >= 0.6 is 22.6 Å². The monoisotopic (exact) mass is 431 g/mol. The summed E-state index contributed by atoms with van der Waals surface area (Å²) in [6.07, 6.45) is 0. The number of sulfonamides is 1. The van der Waals surface area contributed by atoms with Crippen LogP contribution in [0.2, 0.25) is 0 Å². The molecular formula is C16H18INO3S. The normalized spacial score (nSPS) is 11.5. The molecule has 0 saturated heterocycles. The highest BCUT2D eigenvalue weighted by Gasteiger charge is 2.18. The van der Waals surface area contributed by atoms with Crippen LogP contribution in [0.25, 0.3) is 0 Å². The minimum Gasteiger partial charge on any atom is -0.496 e. The van der Waals surface area contributed by atoms with Gasteiger partial charge in [0.05, 0.1) is 12.0 Å². The highest BCUT2D eigenvalue weighted by atomic mass is 127. The van der Waals surface area contributed by atoms with Crippen molar-refractivity contribution in [3.8, 4) is 5.75 Å². The van der Waals surface area contributed by atoms with Crippen LogP contribution in [0, 0.1) is 3.57 Å². The number of hydrogen-bond donors (Lipinski definition) is 1. The van der Waals surface area contributed by atoms with Crippen molar-refractivity contribution >= 4 is 38.3 Å². The second kappa shape index (κ2) is 6.87. The van der Waals surface area contributed by atoms with Crippen LogP contribution in [-0.4, -0.2) is 15.5 Å². The predicted molar refractivity (Wildman–Crippen MR) is 97.1 cm³/mol. The predicted octanol–water partition coefficient (Wildman–Crippen LogP) is 4.22. The Bertz CT molecular complexity index is 755. The van der Waals surface area contributed by atoms with Crippen molar-refractivity contribution in [1.82, 2.24) is 0 Å². The smallest absolute Gasteiger partial charge is 0.261 e. The third kappa shape index (κ3) is 3.92. The standard InChI is InChI=1S/C16H18INO3S/c1-11(2)15-10-14(8-9-16(15)21-3)22(19,20)18-13-6-4-12(17)5-7-13/h4-11,18H,1-3H3. The zero-order chi connectivity index (χ0) is 16.3. The summed E-state index contributed by atoms with van der Waals surface area (Å²) in [5.74, 6) is 0.867. The van der Waals surface area contributed by atoms with Gasteiger partial charge in [-0.05, 0) is 76.5 Å². The molecule has 118 valence electrons. The lowest BCUT2D eigenvalue weighted by molar-refractivity contribution is 0.407. The summed E-state index contributed by atoms with van der Waals surface area (Å²) in [6.45, 7) is 4.00. The van der Waals surface area contributed by atoms with Crippen molar-refractivity contribution in [2.24, 2.45) is 0 Å². The van der Waals surface area contributed by atoms with Crippen LogP contribution < -0.4 is 9.46 Å². The lowest BCUT2D eigenvalue weighted by Gasteiger charge is -2.14. The summed E-state index contributed by atoms with van der Waals surface area (Å²) >= 11 is 2.17. The molecule has 0 saturated carbocycles. The Morgan fingerprint density at radius 2 is 1.73 bits per heavy atom. The molecule has 2 rings (SSSR count). The van der Waals surface area contributed by atoms with Gasteiger partial charge in [-0.15, -0.1) is 0 Å². The van der Waals surface area contributed by atoms with Gasteiger partial charge in [-0.2, -0.15) is 0 Å². The van der Waals surface area contributed by atoms with Crippen LogP contribution in [0.5, 0.6) is 5.75 Å². The second-order valence-corrected chi connectivity index (χ2v) is 8.10. The molecule has 4 nitrogen and oxygen atoms in total. The molecule has 0 spiro atoms. The maximum atomic E-state index is 12.5. The summed E-state index contributed by atoms with van der Waals surface area (Å²) < 4.78 is 33.9. The second-order valence-electron chi connectivity index (χ2n) is 5.17. The molecule has 2 aromatic rings. The first kappa shape index (κ1) is 17.1. The van der Waals surface area contributed by atoms with Gasteiger partial charge in [-0.1, -0.05) is 13.8 Å². The van der Waals surface area contributed by atoms with Crippen molar-refractivity contribution in [3.05, 3.63) is 51.6 Å². The zero-order valence-corrected chi connectivity index (χ0v) is 15.6. The number of methoxy groups -OCH3 is 1. The van der Waals surface area contributed by atoms with Gasteiger partial charge < -0.3 is 4.74 Å². The molecule has 6 heteroatoms. The zero-order valence-electron chi connectivity index (χ0n) is 12.6. The number of anilines is 1. The molecule has 0 atom stereocenters. The molecule has 0 bridgehead atoms. The Balaban J connectivity index is 2.37. The molecule has 2 aromatic carbocycles. The van der Waals surface area contributed by atoms with Gasteiger partial charge in [-0.25, -0.2) is 8.42 Å². The quantitative estimate of drug-likeness (QED) is 0.722. The molecule has 0 unspecified atom stereocenters. The van der Waals surface area contributed by atoms with Crippen molar-refractivity contribution < 1.29 is 13.2 Å². The third-order valence-corrected chi connectivity index (χ3v) is 5.33. The van der Waals surface area contributed by atoms with Gasteiger partial charge in [0.1, 0.15) is 5.75 Å². The van der Waals surface area contributed by atoms with Gasteiger partial charge in [0.15, 0.2) is 0 Å². The molecule has 0 aliphatic rings. The summed E-state index contributed by atoms with van der Waals surface area (Å²) in [5, 5.41) is 0. The Kier molecular flexibility index (Phi) is 5.33. The molecule has 0 amide bonds. The molecule has 1 N–H and O–H groups in total. The fourth-order valence-corrected chi connectivity index (χ4v) is 3.52. The maximum Gasteiger partial charge on any atom is 0.261 e. The lowest BCUT2D eigenvalue weighted by atomic mass is 10.0. The lowest BCUT2D eigenvalue weighted by Crippen LogP contribution is -2.13. The number of nitrogens with one attached hydrogen (secondary N) is 1. The van der Waals surface area contributed by atoms with Gasteiger partial charge in [0.2, 0.25) is 0 Å². The van der Waals surface area contributed by atoms with Crippen molar-refractivity contribution in [3.63, 3.8) is 0 Å². The first-order chi connectivity index (χ1) is 10.3. The van der Waals surface area contributed by atoms with Gasteiger partial charge in [0.25, 0.3) is 10.0 Å². The van der Waals surface area contributed by atoms with E-state index in [9.17, 15) is 8.42 Å². The Hall–Kier alpha value is -1.28. The molecule has 0 aliphatic heterocycles. The van der Waals surface area contributed by atoms with Crippen molar-refractivity contribution in [2.75, 3.05) is 11.8 Å². The highest BCUT2D eigenvalue weighted by Crippen LogP contribution is 2.29. The van der Waals surface area contributed by atoms with Gasteiger partial charge in [0, 0.05) is 9.26 Å². The van der Waals surface area contributed by atoms with Crippen molar-refractivity contribution in [2.45, 2.75) is 24.7 Å². The SMILES string of the molecule is COc1ccc(S(=O)(=O)Nc2ccc(I)cc2)cc1C(C)C. The van der Waals surface area contributed by atoms with E-state index in [0.29, 0.717) is 11.4 Å². The van der Waals surface area contributed by atoms with Gasteiger partial charge >= 0.3 is 0 Å². The molecular weight excluding hydrogens is 413 g/mol. The van der Waals surface area contributed by atoms with E-state index < -0.39 is 10.0 Å².